The van der Waals surface area contributed by atoms with E-state index in [-0.39, 0.29) is 11.6 Å². The molecular weight excluding hydrogens is 233 g/mol. The van der Waals surface area contributed by atoms with Crippen LogP contribution >= 0.6 is 0 Å². The Morgan fingerprint density at radius 2 is 1.94 bits per heavy atom. The molecule has 17 heavy (non-hydrogen) atoms. The third-order valence-electron chi connectivity index (χ3n) is 2.19. The van der Waals surface area contributed by atoms with Crippen molar-refractivity contribution in [3.63, 3.8) is 0 Å². The molecule has 1 aromatic rings. The van der Waals surface area contributed by atoms with Gasteiger partial charge >= 0.3 is 6.18 Å². The molecule has 0 aliphatic heterocycles. The van der Waals surface area contributed by atoms with Gasteiger partial charge in [0, 0.05) is 26.2 Å². The van der Waals surface area contributed by atoms with Gasteiger partial charge in [-0.25, -0.2) is 9.97 Å². The van der Waals surface area contributed by atoms with Crippen LogP contribution in [-0.2, 0) is 6.18 Å². The molecule has 0 saturated heterocycles. The quantitative estimate of drug-likeness (QED) is 0.888. The van der Waals surface area contributed by atoms with Gasteiger partial charge in [0.05, 0.1) is 0 Å². The van der Waals surface area contributed by atoms with Crippen LogP contribution < -0.4 is 10.2 Å². The molecule has 0 aliphatic rings. The number of halogens is 3. The number of anilines is 2. The number of aromatic nitrogens is 2. The molecule has 1 aromatic heterocycles. The summed E-state index contributed by atoms with van der Waals surface area (Å²) < 4.78 is 37.8. The number of nitrogens with zero attached hydrogens (tertiary/aromatic N) is 3. The first-order valence-corrected chi connectivity index (χ1v) is 5.29. The van der Waals surface area contributed by atoms with Crippen LogP contribution in [0.1, 0.15) is 19.7 Å². The van der Waals surface area contributed by atoms with E-state index in [4.69, 9.17) is 0 Å². The van der Waals surface area contributed by atoms with Crippen molar-refractivity contribution < 1.29 is 13.2 Å². The third-order valence-corrected chi connectivity index (χ3v) is 2.19. The number of nitrogens with one attached hydrogen (secondary N) is 1. The Labute approximate surface area is 97.9 Å². The van der Waals surface area contributed by atoms with Crippen molar-refractivity contribution in [1.29, 1.82) is 0 Å². The van der Waals surface area contributed by atoms with Crippen LogP contribution in [0.3, 0.4) is 0 Å². The Morgan fingerprint density at radius 3 is 2.41 bits per heavy atom. The highest BCUT2D eigenvalue weighted by atomic mass is 19.4. The summed E-state index contributed by atoms with van der Waals surface area (Å²) in [5.41, 5.74) is 0. The highest BCUT2D eigenvalue weighted by Crippen LogP contribution is 2.28. The van der Waals surface area contributed by atoms with E-state index in [1.165, 1.54) is 6.07 Å². The fourth-order valence-electron chi connectivity index (χ4n) is 1.19. The summed E-state index contributed by atoms with van der Waals surface area (Å²) in [6, 6.07) is 1.50. The van der Waals surface area contributed by atoms with Gasteiger partial charge in [0.25, 0.3) is 0 Å². The van der Waals surface area contributed by atoms with E-state index in [1.54, 1.807) is 18.9 Å². The van der Waals surface area contributed by atoms with Gasteiger partial charge in [-0.3, -0.25) is 0 Å². The molecular formula is C10H15F3N4. The molecule has 0 atom stereocenters. The second-order valence-corrected chi connectivity index (χ2v) is 3.48. The molecule has 0 bridgehead atoms. The summed E-state index contributed by atoms with van der Waals surface area (Å²) in [6.45, 7) is 4.70. The molecule has 0 saturated carbocycles. The minimum atomic E-state index is -4.53. The smallest absolute Gasteiger partial charge is 0.370 e. The summed E-state index contributed by atoms with van der Waals surface area (Å²) in [6.07, 6.45) is -4.53. The van der Waals surface area contributed by atoms with Crippen LogP contribution in [0.25, 0.3) is 0 Å². The molecule has 0 fully saturated rings. The summed E-state index contributed by atoms with van der Waals surface area (Å²) in [5, 5.41) is 2.76. The zero-order valence-electron chi connectivity index (χ0n) is 9.97. The van der Waals surface area contributed by atoms with Crippen molar-refractivity contribution in [3.8, 4) is 0 Å². The van der Waals surface area contributed by atoms with Crippen molar-refractivity contribution >= 4 is 11.6 Å². The predicted molar refractivity (Wildman–Crippen MR) is 60.1 cm³/mol. The van der Waals surface area contributed by atoms with E-state index in [0.717, 1.165) is 0 Å². The lowest BCUT2D eigenvalue weighted by Gasteiger charge is -2.18. The van der Waals surface area contributed by atoms with Crippen LogP contribution in [0.4, 0.5) is 24.8 Å². The first-order chi connectivity index (χ1) is 7.88. The second kappa shape index (κ2) is 5.20. The number of hydrogen-bond acceptors (Lipinski definition) is 4. The molecule has 96 valence electrons. The van der Waals surface area contributed by atoms with Crippen molar-refractivity contribution in [2.75, 3.05) is 30.4 Å². The maximum Gasteiger partial charge on any atom is 0.451 e. The normalized spacial score (nSPS) is 11.4. The number of rotatable bonds is 4. The zero-order valence-corrected chi connectivity index (χ0v) is 9.97. The monoisotopic (exact) mass is 248 g/mol. The van der Waals surface area contributed by atoms with Crippen molar-refractivity contribution in [2.45, 2.75) is 20.0 Å². The number of alkyl halides is 3. The van der Waals surface area contributed by atoms with Gasteiger partial charge < -0.3 is 10.2 Å². The highest BCUT2D eigenvalue weighted by molar-refractivity contribution is 5.49. The third kappa shape index (κ3) is 3.47. The summed E-state index contributed by atoms with van der Waals surface area (Å²) in [7, 11) is 1.68. The molecule has 0 amide bonds. The minimum Gasteiger partial charge on any atom is -0.370 e. The molecule has 0 radical (unpaired) electrons. The first kappa shape index (κ1) is 13.5. The van der Waals surface area contributed by atoms with E-state index < -0.39 is 12.0 Å². The average molecular weight is 248 g/mol. The largest absolute Gasteiger partial charge is 0.451 e. The predicted octanol–water partition coefficient (Wildman–Crippen LogP) is 2.38. The van der Waals surface area contributed by atoms with Gasteiger partial charge in [0.1, 0.15) is 11.6 Å². The average Bonchev–Trinajstić information content (AvgIpc) is 2.27. The van der Waals surface area contributed by atoms with Crippen molar-refractivity contribution in [1.82, 2.24) is 9.97 Å². The van der Waals surface area contributed by atoms with Crippen LogP contribution in [0, 0.1) is 0 Å². The standard InChI is InChI=1S/C10H15F3N4/c1-4-14-7-6-8(17(3)5-2)16-9(15-7)10(11,12)13/h6H,4-5H2,1-3H3,(H,14,15,16). The Hall–Kier alpha value is -1.53. The molecule has 1 rings (SSSR count). The van der Waals surface area contributed by atoms with Gasteiger partial charge in [-0.15, -0.1) is 0 Å². The molecule has 4 nitrogen and oxygen atoms in total. The molecule has 1 N–H and O–H groups in total. The summed E-state index contributed by atoms with van der Waals surface area (Å²) in [5.74, 6) is -0.679. The van der Waals surface area contributed by atoms with Gasteiger partial charge in [-0.05, 0) is 13.8 Å². The van der Waals surface area contributed by atoms with Crippen LogP contribution in [-0.4, -0.2) is 30.1 Å². The maximum atomic E-state index is 12.6. The Balaban J connectivity index is 3.18. The summed E-state index contributed by atoms with van der Waals surface area (Å²) in [4.78, 5) is 8.57. The van der Waals surface area contributed by atoms with E-state index in [9.17, 15) is 13.2 Å². The molecule has 7 heteroatoms. The Bertz CT molecular complexity index is 378. The first-order valence-electron chi connectivity index (χ1n) is 5.29. The maximum absolute atomic E-state index is 12.6. The van der Waals surface area contributed by atoms with E-state index in [1.807, 2.05) is 6.92 Å². The molecule has 1 heterocycles. The SMILES string of the molecule is CCNc1cc(N(C)CC)nc(C(F)(F)F)n1. The lowest BCUT2D eigenvalue weighted by atomic mass is 10.4. The lowest BCUT2D eigenvalue weighted by molar-refractivity contribution is -0.144. The minimum absolute atomic E-state index is 0.185. The van der Waals surface area contributed by atoms with Gasteiger partial charge in [0.15, 0.2) is 0 Å². The van der Waals surface area contributed by atoms with Crippen molar-refractivity contribution in [3.05, 3.63) is 11.9 Å². The second-order valence-electron chi connectivity index (χ2n) is 3.48. The van der Waals surface area contributed by atoms with Gasteiger partial charge in [0.2, 0.25) is 5.82 Å². The fourth-order valence-corrected chi connectivity index (χ4v) is 1.19. The van der Waals surface area contributed by atoms with Gasteiger partial charge in [-0.1, -0.05) is 0 Å². The van der Waals surface area contributed by atoms with Gasteiger partial charge in [-0.2, -0.15) is 13.2 Å². The van der Waals surface area contributed by atoms with E-state index in [2.05, 4.69) is 15.3 Å². The van der Waals surface area contributed by atoms with E-state index >= 15 is 0 Å². The van der Waals surface area contributed by atoms with Crippen molar-refractivity contribution in [2.24, 2.45) is 0 Å². The Morgan fingerprint density at radius 1 is 1.29 bits per heavy atom. The summed E-state index contributed by atoms with van der Waals surface area (Å²) >= 11 is 0. The highest BCUT2D eigenvalue weighted by Gasteiger charge is 2.35. The molecule has 0 spiro atoms. The van der Waals surface area contributed by atoms with Crippen LogP contribution in [0.2, 0.25) is 0 Å². The Kier molecular flexibility index (Phi) is 4.14. The molecule has 0 aliphatic carbocycles. The number of hydrogen-bond donors (Lipinski definition) is 1. The fraction of sp³-hybridized carbons (Fsp3) is 0.600. The van der Waals surface area contributed by atoms with Crippen LogP contribution in [0.15, 0.2) is 6.07 Å². The zero-order chi connectivity index (χ0) is 13.1. The van der Waals surface area contributed by atoms with E-state index in [0.29, 0.717) is 13.1 Å². The molecule has 0 aromatic carbocycles. The van der Waals surface area contributed by atoms with Crippen LogP contribution in [0.5, 0.6) is 0 Å². The lowest BCUT2D eigenvalue weighted by Crippen LogP contribution is -2.21. The molecule has 0 unspecified atom stereocenters. The topological polar surface area (TPSA) is 41.0 Å².